The summed E-state index contributed by atoms with van der Waals surface area (Å²) in [7, 11) is 0. The molecule has 0 bridgehead atoms. The molecule has 6 heteroatoms. The van der Waals surface area contributed by atoms with Crippen LogP contribution < -0.4 is 10.1 Å². The van der Waals surface area contributed by atoms with Crippen molar-refractivity contribution in [2.75, 3.05) is 6.54 Å². The van der Waals surface area contributed by atoms with Gasteiger partial charge in [0.2, 0.25) is 0 Å². The Morgan fingerprint density at radius 2 is 2.30 bits per heavy atom. The highest BCUT2D eigenvalue weighted by Gasteiger charge is 2.22. The van der Waals surface area contributed by atoms with Crippen molar-refractivity contribution < 1.29 is 13.5 Å². The molecule has 1 heterocycles. The fraction of sp³-hybridized carbons (Fsp3) is 0.353. The number of hydrogen-bond donors (Lipinski definition) is 1. The van der Waals surface area contributed by atoms with Gasteiger partial charge in [0.15, 0.2) is 0 Å². The van der Waals surface area contributed by atoms with E-state index in [2.05, 4.69) is 21.2 Å². The average Bonchev–Trinajstić information content (AvgIpc) is 3.20. The molecule has 1 aromatic heterocycles. The zero-order valence-corrected chi connectivity index (χ0v) is 14.0. The van der Waals surface area contributed by atoms with E-state index in [1.807, 2.05) is 12.1 Å². The number of nitriles is 1. The molecule has 1 atom stereocenters. The number of ether oxygens (including phenoxy) is 1. The van der Waals surface area contributed by atoms with Gasteiger partial charge >= 0.3 is 0 Å². The van der Waals surface area contributed by atoms with Gasteiger partial charge in [0.1, 0.15) is 23.7 Å². The van der Waals surface area contributed by atoms with Crippen LogP contribution >= 0.6 is 15.9 Å². The van der Waals surface area contributed by atoms with Gasteiger partial charge in [-0.1, -0.05) is 0 Å². The molecule has 1 aliphatic rings. The third-order valence-corrected chi connectivity index (χ3v) is 4.35. The van der Waals surface area contributed by atoms with E-state index < -0.39 is 5.82 Å². The molecule has 0 radical (unpaired) electrons. The molecule has 4 nitrogen and oxygen atoms in total. The van der Waals surface area contributed by atoms with Crippen molar-refractivity contribution in [1.29, 1.82) is 5.26 Å². The van der Waals surface area contributed by atoms with Crippen LogP contribution in [-0.2, 0) is 0 Å². The Labute approximate surface area is 142 Å². The van der Waals surface area contributed by atoms with Gasteiger partial charge in [-0.15, -0.1) is 0 Å². The molecule has 3 rings (SSSR count). The molecule has 1 fully saturated rings. The average molecular weight is 379 g/mol. The van der Waals surface area contributed by atoms with Crippen LogP contribution in [0.25, 0.3) is 0 Å². The van der Waals surface area contributed by atoms with E-state index in [9.17, 15) is 9.65 Å². The number of rotatable bonds is 7. The van der Waals surface area contributed by atoms with Gasteiger partial charge in [-0.3, -0.25) is 0 Å². The molecular formula is C17H16BrFN2O2. The number of furan rings is 1. The maximum atomic E-state index is 13.6. The van der Waals surface area contributed by atoms with E-state index in [1.165, 1.54) is 25.0 Å². The van der Waals surface area contributed by atoms with Crippen LogP contribution in [0.2, 0.25) is 0 Å². The van der Waals surface area contributed by atoms with Crippen molar-refractivity contribution >= 4 is 15.9 Å². The molecule has 0 amide bonds. The maximum Gasteiger partial charge on any atom is 0.139 e. The van der Waals surface area contributed by atoms with Gasteiger partial charge in [0.05, 0.1) is 22.6 Å². The monoisotopic (exact) mass is 378 g/mol. The number of hydrogen-bond acceptors (Lipinski definition) is 4. The first kappa shape index (κ1) is 16.0. The van der Waals surface area contributed by atoms with Crippen LogP contribution in [0.4, 0.5) is 4.39 Å². The van der Waals surface area contributed by atoms with Crippen molar-refractivity contribution in [3.63, 3.8) is 0 Å². The molecule has 23 heavy (non-hydrogen) atoms. The molecule has 0 spiro atoms. The first-order chi connectivity index (χ1) is 11.2. The summed E-state index contributed by atoms with van der Waals surface area (Å²) in [6.45, 7) is 0.810. The summed E-state index contributed by atoms with van der Waals surface area (Å²) in [5.41, 5.74) is 1.07. The van der Waals surface area contributed by atoms with Gasteiger partial charge in [0.25, 0.3) is 0 Å². The Kier molecular flexibility index (Phi) is 4.99. The molecule has 0 saturated heterocycles. The number of benzene rings is 1. The molecular weight excluding hydrogens is 363 g/mol. The van der Waals surface area contributed by atoms with Gasteiger partial charge in [-0.2, -0.15) is 5.26 Å². The molecule has 2 aromatic rings. The highest BCUT2D eigenvalue weighted by atomic mass is 79.9. The van der Waals surface area contributed by atoms with Crippen molar-refractivity contribution in [3.8, 4) is 11.8 Å². The molecule has 1 aliphatic carbocycles. The van der Waals surface area contributed by atoms with Crippen molar-refractivity contribution in [3.05, 3.63) is 52.1 Å². The molecule has 1 aromatic carbocycles. The fourth-order valence-electron chi connectivity index (χ4n) is 2.32. The normalized spacial score (nSPS) is 15.2. The lowest BCUT2D eigenvalue weighted by atomic mass is 10.1. The second-order valence-corrected chi connectivity index (χ2v) is 6.41. The first-order valence-corrected chi connectivity index (χ1v) is 8.28. The minimum atomic E-state index is -0.482. The summed E-state index contributed by atoms with van der Waals surface area (Å²) < 4.78 is 25.0. The Bertz CT molecular complexity index is 708. The molecule has 120 valence electrons. The summed E-state index contributed by atoms with van der Waals surface area (Å²) >= 11 is 3.13. The van der Waals surface area contributed by atoms with E-state index in [1.54, 1.807) is 12.5 Å². The second kappa shape index (κ2) is 7.16. The first-order valence-electron chi connectivity index (χ1n) is 7.48. The molecule has 1 saturated carbocycles. The fourth-order valence-corrected chi connectivity index (χ4v) is 2.65. The Balaban J connectivity index is 1.77. The van der Waals surface area contributed by atoms with E-state index >= 15 is 0 Å². The Hall–Kier alpha value is -1.84. The van der Waals surface area contributed by atoms with Crippen LogP contribution in [0.1, 0.15) is 36.5 Å². The zero-order chi connectivity index (χ0) is 16.2. The summed E-state index contributed by atoms with van der Waals surface area (Å²) in [5, 5.41) is 12.6. The number of nitrogens with zero attached hydrogens (tertiary/aromatic N) is 1. The van der Waals surface area contributed by atoms with Crippen LogP contribution in [0.3, 0.4) is 0 Å². The van der Waals surface area contributed by atoms with E-state index in [4.69, 9.17) is 9.15 Å². The van der Waals surface area contributed by atoms with Crippen LogP contribution in [0, 0.1) is 17.1 Å². The van der Waals surface area contributed by atoms with Crippen LogP contribution in [0.15, 0.2) is 39.6 Å². The predicted molar refractivity (Wildman–Crippen MR) is 86.5 cm³/mol. The summed E-state index contributed by atoms with van der Waals surface area (Å²) in [6.07, 6.45) is 6.14. The summed E-state index contributed by atoms with van der Waals surface area (Å²) in [5.74, 6) is -0.123. The van der Waals surface area contributed by atoms with Crippen LogP contribution in [-0.4, -0.2) is 12.6 Å². The standard InChI is InChI=1S/C17H16BrFN2O2/c18-14-8-17(12(9-20)7-15(14)19)23-16(11-4-6-22-10-11)3-5-21-13-1-2-13/h4,6-8,10,13,16,21H,1-3,5H2. The third kappa shape index (κ3) is 4.12. The number of nitrogens with one attached hydrogen (secondary N) is 1. The Morgan fingerprint density at radius 1 is 1.48 bits per heavy atom. The lowest BCUT2D eigenvalue weighted by molar-refractivity contribution is 0.192. The van der Waals surface area contributed by atoms with E-state index in [0.29, 0.717) is 11.8 Å². The molecule has 0 aliphatic heterocycles. The van der Waals surface area contributed by atoms with Crippen molar-refractivity contribution in [2.45, 2.75) is 31.4 Å². The van der Waals surface area contributed by atoms with E-state index in [-0.39, 0.29) is 16.1 Å². The van der Waals surface area contributed by atoms with Gasteiger partial charge in [-0.25, -0.2) is 4.39 Å². The lowest BCUT2D eigenvalue weighted by Gasteiger charge is -2.19. The van der Waals surface area contributed by atoms with Crippen molar-refractivity contribution in [1.82, 2.24) is 5.32 Å². The second-order valence-electron chi connectivity index (χ2n) is 5.55. The quantitative estimate of drug-likeness (QED) is 0.779. The predicted octanol–water partition coefficient (Wildman–Crippen LogP) is 4.32. The lowest BCUT2D eigenvalue weighted by Crippen LogP contribution is -2.21. The van der Waals surface area contributed by atoms with E-state index in [0.717, 1.165) is 18.5 Å². The zero-order valence-electron chi connectivity index (χ0n) is 12.4. The maximum absolute atomic E-state index is 13.6. The highest BCUT2D eigenvalue weighted by molar-refractivity contribution is 9.10. The van der Waals surface area contributed by atoms with Gasteiger partial charge in [-0.05, 0) is 53.5 Å². The SMILES string of the molecule is N#Cc1cc(F)c(Br)cc1OC(CCNC1CC1)c1ccoc1. The highest BCUT2D eigenvalue weighted by Crippen LogP contribution is 2.31. The minimum absolute atomic E-state index is 0.175. The Morgan fingerprint density at radius 3 is 2.96 bits per heavy atom. The van der Waals surface area contributed by atoms with Gasteiger partial charge in [0, 0.05) is 18.0 Å². The topological polar surface area (TPSA) is 58.2 Å². The molecule has 1 N–H and O–H groups in total. The van der Waals surface area contributed by atoms with Gasteiger partial charge < -0.3 is 14.5 Å². The van der Waals surface area contributed by atoms with Crippen molar-refractivity contribution in [2.24, 2.45) is 0 Å². The largest absolute Gasteiger partial charge is 0.484 e. The third-order valence-electron chi connectivity index (χ3n) is 3.74. The molecule has 1 unspecified atom stereocenters. The number of halogens is 2. The smallest absolute Gasteiger partial charge is 0.139 e. The van der Waals surface area contributed by atoms with Crippen LogP contribution in [0.5, 0.6) is 5.75 Å². The summed E-state index contributed by atoms with van der Waals surface area (Å²) in [6, 6.07) is 7.10. The summed E-state index contributed by atoms with van der Waals surface area (Å²) in [4.78, 5) is 0. The minimum Gasteiger partial charge on any atom is -0.484 e.